The number of piperidine rings is 1. The van der Waals surface area contributed by atoms with Crippen molar-refractivity contribution in [2.24, 2.45) is 5.92 Å². The van der Waals surface area contributed by atoms with Gasteiger partial charge >= 0.3 is 0 Å². The van der Waals surface area contributed by atoms with Crippen LogP contribution >= 0.6 is 0 Å². The molecule has 0 spiro atoms. The minimum atomic E-state index is -2.63. The molecule has 3 aliphatic rings. The molecular weight excluding hydrogens is 228 g/mol. The van der Waals surface area contributed by atoms with E-state index in [1.807, 2.05) is 0 Å². The fraction of sp³-hybridized carbons (Fsp3) is 0.917. The van der Waals surface area contributed by atoms with Gasteiger partial charge in [0.25, 0.3) is 0 Å². The normalized spacial score (nSPS) is 40.2. The Morgan fingerprint density at radius 1 is 1.18 bits per heavy atom. The zero-order valence-corrected chi connectivity index (χ0v) is 9.61. The van der Waals surface area contributed by atoms with Gasteiger partial charge in [0, 0.05) is 30.8 Å². The highest BCUT2D eigenvalue weighted by Crippen LogP contribution is 2.46. The van der Waals surface area contributed by atoms with Crippen molar-refractivity contribution in [2.75, 3.05) is 0 Å². The van der Waals surface area contributed by atoms with Crippen LogP contribution in [-0.4, -0.2) is 40.0 Å². The second-order valence-electron chi connectivity index (χ2n) is 5.72. The molecule has 1 amide bonds. The van der Waals surface area contributed by atoms with E-state index in [9.17, 15) is 18.7 Å². The lowest BCUT2D eigenvalue weighted by Gasteiger charge is -2.43. The summed E-state index contributed by atoms with van der Waals surface area (Å²) in [5.41, 5.74) is 0. The monoisotopic (exact) mass is 245 g/mol. The van der Waals surface area contributed by atoms with E-state index in [1.54, 1.807) is 4.90 Å². The largest absolute Gasteiger partial charge is 0.393 e. The Bertz CT molecular complexity index is 325. The first kappa shape index (κ1) is 11.4. The van der Waals surface area contributed by atoms with E-state index in [2.05, 4.69) is 0 Å². The van der Waals surface area contributed by atoms with Gasteiger partial charge in [-0.1, -0.05) is 0 Å². The molecule has 1 N–H and O–H groups in total. The third kappa shape index (κ3) is 1.84. The minimum absolute atomic E-state index is 0.0884. The number of nitrogens with zero attached hydrogens (tertiary/aromatic N) is 1. The Balaban J connectivity index is 1.67. The molecule has 2 heterocycles. The van der Waals surface area contributed by atoms with Crippen molar-refractivity contribution in [3.63, 3.8) is 0 Å². The molecule has 1 aliphatic carbocycles. The lowest BCUT2D eigenvalue weighted by molar-refractivity contribution is -0.165. The van der Waals surface area contributed by atoms with Crippen molar-refractivity contribution in [1.29, 1.82) is 0 Å². The van der Waals surface area contributed by atoms with E-state index < -0.39 is 11.8 Å². The summed E-state index contributed by atoms with van der Waals surface area (Å²) in [7, 11) is 0. The topological polar surface area (TPSA) is 40.5 Å². The maximum Gasteiger partial charge on any atom is 0.249 e. The third-order valence-electron chi connectivity index (χ3n) is 4.40. The molecule has 5 heteroatoms. The molecule has 17 heavy (non-hydrogen) atoms. The maximum atomic E-state index is 12.8. The van der Waals surface area contributed by atoms with Gasteiger partial charge in [0.05, 0.1) is 6.10 Å². The second kappa shape index (κ2) is 3.64. The third-order valence-corrected chi connectivity index (χ3v) is 4.40. The smallest absolute Gasteiger partial charge is 0.249 e. The Morgan fingerprint density at radius 2 is 1.71 bits per heavy atom. The van der Waals surface area contributed by atoms with Gasteiger partial charge in [-0.2, -0.15) is 0 Å². The van der Waals surface area contributed by atoms with Crippen LogP contribution in [0.4, 0.5) is 8.78 Å². The summed E-state index contributed by atoms with van der Waals surface area (Å²) < 4.78 is 25.6. The van der Waals surface area contributed by atoms with Gasteiger partial charge < -0.3 is 10.0 Å². The number of alkyl halides is 2. The van der Waals surface area contributed by atoms with Gasteiger partial charge in [-0.05, 0) is 25.7 Å². The van der Waals surface area contributed by atoms with Crippen molar-refractivity contribution in [1.82, 2.24) is 4.90 Å². The van der Waals surface area contributed by atoms with E-state index >= 15 is 0 Å². The Hall–Kier alpha value is -0.710. The molecule has 2 unspecified atom stereocenters. The molecule has 3 nitrogen and oxygen atoms in total. The zero-order chi connectivity index (χ0) is 12.2. The number of aliphatic hydroxyl groups excluding tert-OH is 1. The molecule has 2 bridgehead atoms. The van der Waals surface area contributed by atoms with Gasteiger partial charge in [-0.15, -0.1) is 0 Å². The van der Waals surface area contributed by atoms with Crippen molar-refractivity contribution < 1.29 is 18.7 Å². The highest BCUT2D eigenvalue weighted by atomic mass is 19.3. The predicted octanol–water partition coefficient (Wildman–Crippen LogP) is 1.55. The fourth-order valence-electron chi connectivity index (χ4n) is 3.55. The average Bonchev–Trinajstić information content (AvgIpc) is 2.46. The molecule has 0 aromatic heterocycles. The van der Waals surface area contributed by atoms with Gasteiger partial charge in [0.1, 0.15) is 0 Å². The molecule has 96 valence electrons. The molecule has 0 aromatic rings. The molecule has 3 fully saturated rings. The number of carbonyl (C=O) groups is 1. The van der Waals surface area contributed by atoms with Crippen LogP contribution < -0.4 is 0 Å². The number of aliphatic hydroxyl groups is 1. The van der Waals surface area contributed by atoms with E-state index in [4.69, 9.17) is 0 Å². The summed E-state index contributed by atoms with van der Waals surface area (Å²) >= 11 is 0. The van der Waals surface area contributed by atoms with Crippen molar-refractivity contribution in [3.05, 3.63) is 0 Å². The Labute approximate surface area is 98.8 Å². The standard InChI is InChI=1S/C12H17F2NO2/c13-12(14)5-7(6-12)11(17)15-8-1-2-9(15)4-10(16)3-8/h7-10,16H,1-6H2. The van der Waals surface area contributed by atoms with Gasteiger partial charge in [-0.3, -0.25) is 4.79 Å². The highest BCUT2D eigenvalue weighted by molar-refractivity contribution is 5.81. The number of carbonyl (C=O) groups excluding carboxylic acids is 1. The fourth-order valence-corrected chi connectivity index (χ4v) is 3.55. The number of amides is 1. The molecule has 2 atom stereocenters. The van der Waals surface area contributed by atoms with Crippen molar-refractivity contribution in [3.8, 4) is 0 Å². The van der Waals surface area contributed by atoms with Crippen LogP contribution in [0, 0.1) is 5.92 Å². The summed E-state index contributed by atoms with van der Waals surface area (Å²) in [4.78, 5) is 13.9. The SMILES string of the molecule is O=C(C1CC(F)(F)C1)N1C2CCC1CC(O)C2. The van der Waals surface area contributed by atoms with Crippen LogP contribution in [0.15, 0.2) is 0 Å². The van der Waals surface area contributed by atoms with Crippen LogP contribution in [0.5, 0.6) is 0 Å². The molecule has 0 aromatic carbocycles. The quantitative estimate of drug-likeness (QED) is 0.761. The summed E-state index contributed by atoms with van der Waals surface area (Å²) in [6.07, 6.45) is 2.16. The lowest BCUT2D eigenvalue weighted by atomic mass is 9.79. The minimum Gasteiger partial charge on any atom is -0.393 e. The van der Waals surface area contributed by atoms with E-state index in [0.717, 1.165) is 12.8 Å². The van der Waals surface area contributed by atoms with Crippen molar-refractivity contribution in [2.45, 2.75) is 62.6 Å². The van der Waals surface area contributed by atoms with Gasteiger partial charge in [0.15, 0.2) is 0 Å². The summed E-state index contributed by atoms with van der Waals surface area (Å²) in [5.74, 6) is -3.21. The number of rotatable bonds is 1. The van der Waals surface area contributed by atoms with Crippen LogP contribution in [0.3, 0.4) is 0 Å². The first-order valence-corrected chi connectivity index (χ1v) is 6.34. The van der Waals surface area contributed by atoms with Gasteiger partial charge in [0.2, 0.25) is 11.8 Å². The highest BCUT2D eigenvalue weighted by Gasteiger charge is 2.53. The summed E-state index contributed by atoms with van der Waals surface area (Å²) in [5, 5.41) is 9.62. The van der Waals surface area contributed by atoms with E-state index in [-0.39, 0.29) is 36.9 Å². The first-order chi connectivity index (χ1) is 7.96. The summed E-state index contributed by atoms with van der Waals surface area (Å²) in [6.45, 7) is 0. The van der Waals surface area contributed by atoms with Crippen LogP contribution in [0.2, 0.25) is 0 Å². The van der Waals surface area contributed by atoms with Crippen LogP contribution in [0.1, 0.15) is 38.5 Å². The maximum absolute atomic E-state index is 12.8. The van der Waals surface area contributed by atoms with E-state index in [0.29, 0.717) is 12.8 Å². The van der Waals surface area contributed by atoms with Gasteiger partial charge in [-0.25, -0.2) is 8.78 Å². The van der Waals surface area contributed by atoms with Crippen LogP contribution in [0.25, 0.3) is 0 Å². The lowest BCUT2D eigenvalue weighted by Crippen LogP contribution is -2.54. The predicted molar refractivity (Wildman–Crippen MR) is 56.6 cm³/mol. The van der Waals surface area contributed by atoms with E-state index in [1.165, 1.54) is 0 Å². The molecule has 0 radical (unpaired) electrons. The molecule has 2 saturated heterocycles. The number of hydrogen-bond acceptors (Lipinski definition) is 2. The first-order valence-electron chi connectivity index (χ1n) is 6.34. The number of halogens is 2. The zero-order valence-electron chi connectivity index (χ0n) is 9.61. The molecular formula is C12H17F2NO2. The van der Waals surface area contributed by atoms with Crippen LogP contribution in [-0.2, 0) is 4.79 Å². The summed E-state index contributed by atoms with van der Waals surface area (Å²) in [6, 6.07) is 0.177. The molecule has 1 saturated carbocycles. The molecule has 3 rings (SSSR count). The Morgan fingerprint density at radius 3 is 2.18 bits per heavy atom. The second-order valence-corrected chi connectivity index (χ2v) is 5.72. The number of hydrogen-bond donors (Lipinski definition) is 1. The van der Waals surface area contributed by atoms with Crippen molar-refractivity contribution >= 4 is 5.91 Å². The Kier molecular flexibility index (Phi) is 2.44. The number of fused-ring (bicyclic) bond motifs is 2. The molecule has 2 aliphatic heterocycles. The average molecular weight is 245 g/mol.